The molecule has 1 aliphatic rings. The van der Waals surface area contributed by atoms with Gasteiger partial charge < -0.3 is 0 Å². The van der Waals surface area contributed by atoms with Gasteiger partial charge in [0.05, 0.1) is 5.69 Å². The highest BCUT2D eigenvalue weighted by atomic mass is 16.2. The molecule has 4 amide bonds. The second-order valence-corrected chi connectivity index (χ2v) is 5.39. The second-order valence-electron chi connectivity index (χ2n) is 5.39. The van der Waals surface area contributed by atoms with Crippen LogP contribution in [-0.4, -0.2) is 17.8 Å². The number of carbonyl (C=O) groups is 3. The van der Waals surface area contributed by atoms with Gasteiger partial charge in [0, 0.05) is 0 Å². The largest absolute Gasteiger partial charge is 0.335 e. The number of aryl methyl sites for hydroxylation is 1. The molecule has 0 spiro atoms. The lowest BCUT2D eigenvalue weighted by Crippen LogP contribution is -2.54. The van der Waals surface area contributed by atoms with Crippen molar-refractivity contribution < 1.29 is 14.4 Å². The average molecular weight is 320 g/mol. The minimum Gasteiger partial charge on any atom is -0.273 e. The molecule has 5 nitrogen and oxygen atoms in total. The number of barbiturate groups is 1. The van der Waals surface area contributed by atoms with Gasteiger partial charge in [-0.3, -0.25) is 14.9 Å². The Morgan fingerprint density at radius 3 is 2.25 bits per heavy atom. The molecule has 2 aromatic carbocycles. The van der Waals surface area contributed by atoms with Crippen LogP contribution >= 0.6 is 0 Å². The molecule has 1 aliphatic heterocycles. The summed E-state index contributed by atoms with van der Waals surface area (Å²) in [4.78, 5) is 37.8. The summed E-state index contributed by atoms with van der Waals surface area (Å²) >= 11 is 0. The summed E-state index contributed by atoms with van der Waals surface area (Å²) in [5.41, 5.74) is 2.17. The van der Waals surface area contributed by atoms with Crippen molar-refractivity contribution in [1.82, 2.24) is 5.32 Å². The van der Waals surface area contributed by atoms with Crippen LogP contribution in [0.4, 0.5) is 10.5 Å². The summed E-state index contributed by atoms with van der Waals surface area (Å²) in [6, 6.07) is 15.4. The van der Waals surface area contributed by atoms with Gasteiger partial charge in [-0.15, -0.1) is 0 Å². The lowest BCUT2D eigenvalue weighted by atomic mass is 10.1. The number of amides is 4. The number of carbonyl (C=O) groups excluding carboxylic acids is 3. The third-order valence-electron chi connectivity index (χ3n) is 3.82. The van der Waals surface area contributed by atoms with Gasteiger partial charge in [-0.05, 0) is 35.8 Å². The fraction of sp³-hybridized carbons (Fsp3) is 0.105. The van der Waals surface area contributed by atoms with Gasteiger partial charge in [0.1, 0.15) is 5.57 Å². The summed E-state index contributed by atoms with van der Waals surface area (Å²) < 4.78 is 0. The molecule has 0 aliphatic carbocycles. The van der Waals surface area contributed by atoms with Crippen molar-refractivity contribution in [2.75, 3.05) is 4.90 Å². The molecule has 2 aromatic rings. The highest BCUT2D eigenvalue weighted by Gasteiger charge is 2.36. The maximum absolute atomic E-state index is 12.7. The van der Waals surface area contributed by atoms with E-state index in [2.05, 4.69) is 5.32 Å². The molecular weight excluding hydrogens is 304 g/mol. The van der Waals surface area contributed by atoms with Crippen molar-refractivity contribution in [2.24, 2.45) is 0 Å². The van der Waals surface area contributed by atoms with Crippen molar-refractivity contribution in [1.29, 1.82) is 0 Å². The first-order valence-corrected chi connectivity index (χ1v) is 7.65. The number of hydrogen-bond acceptors (Lipinski definition) is 3. The highest BCUT2D eigenvalue weighted by molar-refractivity contribution is 6.39. The molecule has 24 heavy (non-hydrogen) atoms. The minimum atomic E-state index is -0.737. The summed E-state index contributed by atoms with van der Waals surface area (Å²) in [5.74, 6) is -1.31. The Bertz CT molecular complexity index is 823. The van der Waals surface area contributed by atoms with Gasteiger partial charge in [0.15, 0.2) is 0 Å². The molecule has 0 unspecified atom stereocenters. The standard InChI is InChI=1S/C19H16N2O3/c1-2-13-8-10-15(11-9-13)21-18(23)16(17(22)20-19(21)24)12-14-6-4-3-5-7-14/h3-12H,2H2,1H3,(H,20,22,24)/b16-12-. The molecule has 3 rings (SSSR count). The number of imide groups is 2. The van der Waals surface area contributed by atoms with Crippen LogP contribution < -0.4 is 10.2 Å². The maximum atomic E-state index is 12.7. The molecule has 0 bridgehead atoms. The van der Waals surface area contributed by atoms with Gasteiger partial charge in [0.2, 0.25) is 0 Å². The molecule has 0 saturated carbocycles. The van der Waals surface area contributed by atoms with Crippen LogP contribution in [0.1, 0.15) is 18.1 Å². The third kappa shape index (κ3) is 2.96. The predicted octanol–water partition coefficient (Wildman–Crippen LogP) is 2.92. The lowest BCUT2D eigenvalue weighted by Gasteiger charge is -2.26. The van der Waals surface area contributed by atoms with Crippen molar-refractivity contribution >= 4 is 29.6 Å². The quantitative estimate of drug-likeness (QED) is 0.698. The Morgan fingerprint density at radius 2 is 1.62 bits per heavy atom. The van der Waals surface area contributed by atoms with Gasteiger partial charge in [-0.1, -0.05) is 49.4 Å². The zero-order chi connectivity index (χ0) is 17.1. The van der Waals surface area contributed by atoms with E-state index in [-0.39, 0.29) is 5.57 Å². The Kier molecular flexibility index (Phi) is 4.24. The summed E-state index contributed by atoms with van der Waals surface area (Å²) in [7, 11) is 0. The zero-order valence-electron chi connectivity index (χ0n) is 13.2. The second kappa shape index (κ2) is 6.50. The maximum Gasteiger partial charge on any atom is 0.335 e. The first-order valence-electron chi connectivity index (χ1n) is 7.65. The molecule has 1 heterocycles. The summed E-state index contributed by atoms with van der Waals surface area (Å²) in [5, 5.41) is 2.22. The summed E-state index contributed by atoms with van der Waals surface area (Å²) in [6.07, 6.45) is 2.34. The molecule has 1 N–H and O–H groups in total. The van der Waals surface area contributed by atoms with E-state index in [0.717, 1.165) is 16.9 Å². The number of benzene rings is 2. The van der Waals surface area contributed by atoms with E-state index in [1.54, 1.807) is 24.3 Å². The number of rotatable bonds is 3. The van der Waals surface area contributed by atoms with Crippen LogP contribution in [0.5, 0.6) is 0 Å². The van der Waals surface area contributed by atoms with Crippen molar-refractivity contribution in [3.8, 4) is 0 Å². The first-order chi connectivity index (χ1) is 11.6. The molecule has 1 saturated heterocycles. The number of anilines is 1. The van der Waals surface area contributed by atoms with Gasteiger partial charge in [0.25, 0.3) is 11.8 Å². The van der Waals surface area contributed by atoms with E-state index in [1.807, 2.05) is 37.3 Å². The molecule has 1 fully saturated rings. The first kappa shape index (κ1) is 15.7. The molecule has 0 atom stereocenters. The normalized spacial score (nSPS) is 16.5. The van der Waals surface area contributed by atoms with E-state index in [1.165, 1.54) is 6.08 Å². The van der Waals surface area contributed by atoms with Crippen molar-refractivity contribution in [2.45, 2.75) is 13.3 Å². The fourth-order valence-corrected chi connectivity index (χ4v) is 2.49. The molecule has 0 aromatic heterocycles. The topological polar surface area (TPSA) is 66.5 Å². The predicted molar refractivity (Wildman–Crippen MR) is 91.3 cm³/mol. The SMILES string of the molecule is CCc1ccc(N2C(=O)NC(=O)/C(=C/c3ccccc3)C2=O)cc1. The lowest BCUT2D eigenvalue weighted by molar-refractivity contribution is -0.122. The zero-order valence-corrected chi connectivity index (χ0v) is 13.2. The van der Waals surface area contributed by atoms with Crippen LogP contribution in [0.3, 0.4) is 0 Å². The van der Waals surface area contributed by atoms with E-state index in [9.17, 15) is 14.4 Å². The van der Waals surface area contributed by atoms with E-state index in [0.29, 0.717) is 11.3 Å². The number of nitrogens with zero attached hydrogens (tertiary/aromatic N) is 1. The molecule has 5 heteroatoms. The van der Waals surface area contributed by atoms with Crippen LogP contribution in [0.15, 0.2) is 60.2 Å². The van der Waals surface area contributed by atoms with Gasteiger partial charge in [-0.25, -0.2) is 9.69 Å². The monoisotopic (exact) mass is 320 g/mol. The van der Waals surface area contributed by atoms with Crippen LogP contribution in [-0.2, 0) is 16.0 Å². The molecular formula is C19H16N2O3. The Hall–Kier alpha value is -3.21. The van der Waals surface area contributed by atoms with Crippen LogP contribution in [0, 0.1) is 0 Å². The number of hydrogen-bond donors (Lipinski definition) is 1. The molecule has 0 radical (unpaired) electrons. The van der Waals surface area contributed by atoms with E-state index >= 15 is 0 Å². The van der Waals surface area contributed by atoms with Crippen molar-refractivity contribution in [3.63, 3.8) is 0 Å². The Labute approximate surface area is 139 Å². The Morgan fingerprint density at radius 1 is 0.958 bits per heavy atom. The van der Waals surface area contributed by atoms with E-state index in [4.69, 9.17) is 0 Å². The third-order valence-corrected chi connectivity index (χ3v) is 3.82. The van der Waals surface area contributed by atoms with Gasteiger partial charge >= 0.3 is 6.03 Å². The van der Waals surface area contributed by atoms with E-state index < -0.39 is 17.8 Å². The summed E-state index contributed by atoms with van der Waals surface area (Å²) in [6.45, 7) is 2.02. The fourth-order valence-electron chi connectivity index (χ4n) is 2.49. The number of urea groups is 1. The smallest absolute Gasteiger partial charge is 0.273 e. The van der Waals surface area contributed by atoms with Crippen LogP contribution in [0.2, 0.25) is 0 Å². The highest BCUT2D eigenvalue weighted by Crippen LogP contribution is 2.22. The van der Waals surface area contributed by atoms with Crippen molar-refractivity contribution in [3.05, 3.63) is 71.3 Å². The molecule has 120 valence electrons. The Balaban J connectivity index is 1.98. The average Bonchev–Trinajstić information content (AvgIpc) is 2.60. The van der Waals surface area contributed by atoms with Crippen LogP contribution in [0.25, 0.3) is 6.08 Å². The van der Waals surface area contributed by atoms with Gasteiger partial charge in [-0.2, -0.15) is 0 Å². The minimum absolute atomic E-state index is 0.0691. The number of nitrogens with one attached hydrogen (secondary N) is 1.